The fourth-order valence-electron chi connectivity index (χ4n) is 2.59. The van der Waals surface area contributed by atoms with Gasteiger partial charge in [-0.3, -0.25) is 0 Å². The summed E-state index contributed by atoms with van der Waals surface area (Å²) in [6.45, 7) is 3.26. The van der Waals surface area contributed by atoms with E-state index in [1.54, 1.807) is 48.8 Å². The van der Waals surface area contributed by atoms with Crippen molar-refractivity contribution in [1.29, 1.82) is 0 Å². The fraction of sp³-hybridized carbons (Fsp3) is 0.167. The van der Waals surface area contributed by atoms with Crippen LogP contribution in [0.25, 0.3) is 28.3 Å². The summed E-state index contributed by atoms with van der Waals surface area (Å²) < 4.78 is 15.8. The summed E-state index contributed by atoms with van der Waals surface area (Å²) in [7, 11) is 0. The van der Waals surface area contributed by atoms with Gasteiger partial charge in [0.05, 0.1) is 29.5 Å². The molecule has 0 atom stereocenters. The van der Waals surface area contributed by atoms with E-state index in [1.165, 1.54) is 18.5 Å². The highest BCUT2D eigenvalue weighted by molar-refractivity contribution is 5.70. The third-order valence-electron chi connectivity index (χ3n) is 3.97. The minimum atomic E-state index is -1.12. The van der Waals surface area contributed by atoms with Crippen LogP contribution in [-0.4, -0.2) is 34.9 Å². The average Bonchev–Trinajstić information content (AvgIpc) is 3.05. The van der Waals surface area contributed by atoms with Gasteiger partial charge in [0.2, 0.25) is 0 Å². The van der Waals surface area contributed by atoms with Crippen LogP contribution in [0.3, 0.4) is 0 Å². The molecule has 4 rings (SSSR count). The summed E-state index contributed by atoms with van der Waals surface area (Å²) >= 11 is 0. The number of halogens is 1. The highest BCUT2D eigenvalue weighted by Gasteiger charge is 2.20. The standard InChI is InChI=1S/C18H15FN6O/c1-18(2,26)16-10-22-25-15(9-20-17(25)23-16)11-5-6-13(19)12(8-11)14-4-3-7-21-24-14/h3-10,26H,1-2H3. The van der Waals surface area contributed by atoms with Crippen molar-refractivity contribution in [3.8, 4) is 22.5 Å². The summed E-state index contributed by atoms with van der Waals surface area (Å²) in [5.74, 6) is -0.0384. The number of aliphatic hydroxyl groups is 1. The third-order valence-corrected chi connectivity index (χ3v) is 3.97. The molecule has 7 nitrogen and oxygen atoms in total. The predicted molar refractivity (Wildman–Crippen MR) is 92.4 cm³/mol. The van der Waals surface area contributed by atoms with Crippen LogP contribution in [0.2, 0.25) is 0 Å². The van der Waals surface area contributed by atoms with Gasteiger partial charge >= 0.3 is 0 Å². The van der Waals surface area contributed by atoms with Crippen LogP contribution in [0.15, 0.2) is 48.9 Å². The topological polar surface area (TPSA) is 89.1 Å². The number of imidazole rings is 1. The van der Waals surface area contributed by atoms with Gasteiger partial charge in [-0.25, -0.2) is 14.4 Å². The summed E-state index contributed by atoms with van der Waals surface area (Å²) in [5.41, 5.74) is 1.45. The number of hydrogen-bond donors (Lipinski definition) is 1. The zero-order valence-electron chi connectivity index (χ0n) is 14.1. The first-order valence-corrected chi connectivity index (χ1v) is 7.95. The largest absolute Gasteiger partial charge is 0.384 e. The van der Waals surface area contributed by atoms with Crippen molar-refractivity contribution < 1.29 is 9.50 Å². The lowest BCUT2D eigenvalue weighted by Crippen LogP contribution is -2.19. The zero-order chi connectivity index (χ0) is 18.3. The van der Waals surface area contributed by atoms with Crippen LogP contribution in [0.4, 0.5) is 4.39 Å². The minimum absolute atomic E-state index is 0.339. The maximum Gasteiger partial charge on any atom is 0.251 e. The first kappa shape index (κ1) is 16.2. The Morgan fingerprint density at radius 1 is 1.15 bits per heavy atom. The molecule has 0 aliphatic heterocycles. The highest BCUT2D eigenvalue weighted by atomic mass is 19.1. The Labute approximate surface area is 148 Å². The molecule has 0 fully saturated rings. The van der Waals surface area contributed by atoms with Crippen molar-refractivity contribution in [1.82, 2.24) is 29.8 Å². The molecular weight excluding hydrogens is 335 g/mol. The van der Waals surface area contributed by atoms with Gasteiger partial charge in [0.25, 0.3) is 5.78 Å². The van der Waals surface area contributed by atoms with Gasteiger partial charge in [0.15, 0.2) is 0 Å². The number of fused-ring (bicyclic) bond motifs is 1. The van der Waals surface area contributed by atoms with Crippen molar-refractivity contribution in [2.24, 2.45) is 0 Å². The normalized spacial score (nSPS) is 11.8. The number of benzene rings is 1. The van der Waals surface area contributed by atoms with Crippen molar-refractivity contribution in [2.45, 2.75) is 19.4 Å². The van der Waals surface area contributed by atoms with Crippen molar-refractivity contribution in [3.63, 3.8) is 0 Å². The molecule has 1 N–H and O–H groups in total. The van der Waals surface area contributed by atoms with Crippen LogP contribution in [0, 0.1) is 5.82 Å². The van der Waals surface area contributed by atoms with Gasteiger partial charge in [-0.1, -0.05) is 0 Å². The first-order valence-electron chi connectivity index (χ1n) is 7.95. The minimum Gasteiger partial charge on any atom is -0.384 e. The van der Waals surface area contributed by atoms with Gasteiger partial charge in [0, 0.05) is 17.3 Å². The number of aromatic nitrogens is 6. The second-order valence-electron chi connectivity index (χ2n) is 6.36. The molecule has 0 unspecified atom stereocenters. The van der Waals surface area contributed by atoms with E-state index in [0.29, 0.717) is 34.0 Å². The molecule has 0 spiro atoms. The van der Waals surface area contributed by atoms with Crippen molar-refractivity contribution in [2.75, 3.05) is 0 Å². The van der Waals surface area contributed by atoms with Crippen molar-refractivity contribution >= 4 is 5.78 Å². The molecule has 4 aromatic rings. The Morgan fingerprint density at radius 3 is 2.73 bits per heavy atom. The second-order valence-corrected chi connectivity index (χ2v) is 6.36. The summed E-state index contributed by atoms with van der Waals surface area (Å²) in [5, 5.41) is 22.2. The lowest BCUT2D eigenvalue weighted by molar-refractivity contribution is 0.0734. The molecule has 1 aromatic carbocycles. The molecule has 130 valence electrons. The van der Waals surface area contributed by atoms with Gasteiger partial charge in [-0.2, -0.15) is 19.8 Å². The van der Waals surface area contributed by atoms with E-state index in [4.69, 9.17) is 0 Å². The van der Waals surface area contributed by atoms with Crippen molar-refractivity contribution in [3.05, 3.63) is 60.4 Å². The molecule has 3 aromatic heterocycles. The highest BCUT2D eigenvalue weighted by Crippen LogP contribution is 2.28. The van der Waals surface area contributed by atoms with E-state index in [9.17, 15) is 9.50 Å². The monoisotopic (exact) mass is 350 g/mol. The van der Waals surface area contributed by atoms with E-state index in [2.05, 4.69) is 25.3 Å². The summed E-state index contributed by atoms with van der Waals surface area (Å²) in [6, 6.07) is 8.08. The van der Waals surface area contributed by atoms with Crippen LogP contribution in [0.1, 0.15) is 19.5 Å². The SMILES string of the molecule is CC(C)(O)c1cnn2c(-c3ccc(F)c(-c4cccnn4)c3)cnc2n1. The van der Waals surface area contributed by atoms with Gasteiger partial charge in [0.1, 0.15) is 11.4 Å². The van der Waals surface area contributed by atoms with Crippen LogP contribution >= 0.6 is 0 Å². The molecule has 0 aliphatic carbocycles. The molecular formula is C18H15FN6O. The lowest BCUT2D eigenvalue weighted by Gasteiger charge is -2.15. The van der Waals surface area contributed by atoms with E-state index in [0.717, 1.165) is 0 Å². The molecule has 0 saturated carbocycles. The van der Waals surface area contributed by atoms with Crippen LogP contribution in [-0.2, 0) is 5.60 Å². The fourth-order valence-corrected chi connectivity index (χ4v) is 2.59. The van der Waals surface area contributed by atoms with Crippen LogP contribution < -0.4 is 0 Å². The zero-order valence-corrected chi connectivity index (χ0v) is 14.1. The maximum absolute atomic E-state index is 14.2. The van der Waals surface area contributed by atoms with E-state index in [1.807, 2.05) is 0 Å². The number of hydrogen-bond acceptors (Lipinski definition) is 6. The maximum atomic E-state index is 14.2. The van der Waals surface area contributed by atoms with E-state index in [-0.39, 0.29) is 0 Å². The predicted octanol–water partition coefficient (Wildman–Crippen LogP) is 2.61. The van der Waals surface area contributed by atoms with Gasteiger partial charge in [-0.05, 0) is 44.2 Å². The lowest BCUT2D eigenvalue weighted by atomic mass is 10.1. The van der Waals surface area contributed by atoms with Gasteiger partial charge in [-0.15, -0.1) is 0 Å². The smallest absolute Gasteiger partial charge is 0.251 e. The third kappa shape index (κ3) is 2.80. The Morgan fingerprint density at radius 2 is 2.00 bits per heavy atom. The average molecular weight is 350 g/mol. The number of nitrogens with zero attached hydrogens (tertiary/aromatic N) is 6. The molecule has 0 amide bonds. The van der Waals surface area contributed by atoms with E-state index < -0.39 is 11.4 Å². The Bertz CT molecular complexity index is 1090. The quantitative estimate of drug-likeness (QED) is 0.611. The molecule has 0 radical (unpaired) electrons. The second kappa shape index (κ2) is 5.92. The Balaban J connectivity index is 1.84. The Kier molecular flexibility index (Phi) is 3.69. The molecule has 26 heavy (non-hydrogen) atoms. The Hall–Kier alpha value is -3.26. The molecule has 0 bridgehead atoms. The van der Waals surface area contributed by atoms with Crippen LogP contribution in [0.5, 0.6) is 0 Å². The van der Waals surface area contributed by atoms with Gasteiger partial charge < -0.3 is 5.11 Å². The first-order chi connectivity index (χ1) is 12.4. The van der Waals surface area contributed by atoms with E-state index >= 15 is 0 Å². The summed E-state index contributed by atoms with van der Waals surface area (Å²) in [4.78, 5) is 8.58. The molecule has 0 saturated heterocycles. The molecule has 3 heterocycles. The summed E-state index contributed by atoms with van der Waals surface area (Å²) in [6.07, 6.45) is 4.63. The molecule has 0 aliphatic rings. The number of rotatable bonds is 3. The molecule has 8 heteroatoms.